The Morgan fingerprint density at radius 2 is 1.75 bits per heavy atom. The topological polar surface area (TPSA) is 44.4 Å². The SMILES string of the molecule is CC(C)CCN1CCC(CNC(=O)CC2CC3CCC(C2)N3)CC1. The Bertz CT molecular complexity index is 392. The van der Waals surface area contributed by atoms with Crippen molar-refractivity contribution < 1.29 is 4.79 Å². The number of amides is 1. The highest BCUT2D eigenvalue weighted by Gasteiger charge is 2.34. The van der Waals surface area contributed by atoms with E-state index in [0.29, 0.717) is 29.8 Å². The average Bonchev–Trinajstić information content (AvgIpc) is 2.90. The van der Waals surface area contributed by atoms with Crippen molar-refractivity contribution in [3.63, 3.8) is 0 Å². The van der Waals surface area contributed by atoms with Crippen LogP contribution in [0.3, 0.4) is 0 Å². The van der Waals surface area contributed by atoms with Crippen molar-refractivity contribution in [2.75, 3.05) is 26.2 Å². The van der Waals surface area contributed by atoms with Gasteiger partial charge in [0.05, 0.1) is 0 Å². The van der Waals surface area contributed by atoms with Crippen molar-refractivity contribution in [3.05, 3.63) is 0 Å². The smallest absolute Gasteiger partial charge is 0.220 e. The number of likely N-dealkylation sites (tertiary alicyclic amines) is 1. The van der Waals surface area contributed by atoms with E-state index in [2.05, 4.69) is 29.4 Å². The highest BCUT2D eigenvalue weighted by atomic mass is 16.1. The summed E-state index contributed by atoms with van der Waals surface area (Å²) in [4.78, 5) is 14.9. The Morgan fingerprint density at radius 1 is 1.08 bits per heavy atom. The lowest BCUT2D eigenvalue weighted by molar-refractivity contribution is -0.122. The predicted octanol–water partition coefficient (Wildman–Crippen LogP) is 2.78. The molecule has 0 saturated carbocycles. The van der Waals surface area contributed by atoms with Crippen molar-refractivity contribution in [1.82, 2.24) is 15.5 Å². The largest absolute Gasteiger partial charge is 0.356 e. The molecule has 0 aromatic rings. The molecule has 3 rings (SSSR count). The van der Waals surface area contributed by atoms with Crippen molar-refractivity contribution in [3.8, 4) is 0 Å². The zero-order chi connectivity index (χ0) is 16.9. The summed E-state index contributed by atoms with van der Waals surface area (Å²) in [5, 5.41) is 6.90. The summed E-state index contributed by atoms with van der Waals surface area (Å²) < 4.78 is 0. The second-order valence-corrected chi connectivity index (χ2v) is 8.95. The van der Waals surface area contributed by atoms with Gasteiger partial charge >= 0.3 is 0 Å². The van der Waals surface area contributed by atoms with E-state index in [4.69, 9.17) is 0 Å². The molecule has 3 fully saturated rings. The predicted molar refractivity (Wildman–Crippen MR) is 98.9 cm³/mol. The van der Waals surface area contributed by atoms with E-state index in [-0.39, 0.29) is 0 Å². The molecular formula is C20H37N3O. The molecule has 2 unspecified atom stereocenters. The van der Waals surface area contributed by atoms with Gasteiger partial charge in [-0.05, 0) is 82.3 Å². The maximum atomic E-state index is 12.3. The lowest BCUT2D eigenvalue weighted by Crippen LogP contribution is -2.41. The Morgan fingerprint density at radius 3 is 2.38 bits per heavy atom. The van der Waals surface area contributed by atoms with Gasteiger partial charge in [0.2, 0.25) is 5.91 Å². The summed E-state index contributed by atoms with van der Waals surface area (Å²) >= 11 is 0. The van der Waals surface area contributed by atoms with E-state index in [9.17, 15) is 4.79 Å². The fourth-order valence-electron chi connectivity index (χ4n) is 4.79. The van der Waals surface area contributed by atoms with Crippen LogP contribution in [0.25, 0.3) is 0 Å². The standard InChI is InChI=1S/C20H37N3O/c1-15(2)5-8-23-9-6-16(7-10-23)14-21-20(24)13-17-11-18-3-4-19(12-17)22-18/h15-19,22H,3-14H2,1-2H3,(H,21,24). The van der Waals surface area contributed by atoms with Crippen molar-refractivity contribution in [1.29, 1.82) is 0 Å². The number of carbonyl (C=O) groups excluding carboxylic acids is 1. The lowest BCUT2D eigenvalue weighted by atomic mass is 9.89. The third-order valence-electron chi connectivity index (χ3n) is 6.36. The molecule has 2 bridgehead atoms. The van der Waals surface area contributed by atoms with E-state index in [1.54, 1.807) is 0 Å². The van der Waals surface area contributed by atoms with Crippen LogP contribution in [0.4, 0.5) is 0 Å². The van der Waals surface area contributed by atoms with Gasteiger partial charge in [0.1, 0.15) is 0 Å². The van der Waals surface area contributed by atoms with Crippen LogP contribution < -0.4 is 10.6 Å². The van der Waals surface area contributed by atoms with Crippen LogP contribution >= 0.6 is 0 Å². The van der Waals surface area contributed by atoms with Gasteiger partial charge in [-0.2, -0.15) is 0 Å². The van der Waals surface area contributed by atoms with Gasteiger partial charge in [-0.3, -0.25) is 4.79 Å². The van der Waals surface area contributed by atoms with Crippen molar-refractivity contribution >= 4 is 5.91 Å². The second kappa shape index (κ2) is 8.66. The van der Waals surface area contributed by atoms with E-state index in [1.807, 2.05) is 0 Å². The third kappa shape index (κ3) is 5.45. The molecule has 138 valence electrons. The molecule has 24 heavy (non-hydrogen) atoms. The third-order valence-corrected chi connectivity index (χ3v) is 6.36. The molecule has 0 aromatic heterocycles. The van der Waals surface area contributed by atoms with Gasteiger partial charge in [0.25, 0.3) is 0 Å². The molecule has 0 aromatic carbocycles. The van der Waals surface area contributed by atoms with E-state index in [1.165, 1.54) is 64.6 Å². The molecule has 2 atom stereocenters. The van der Waals surface area contributed by atoms with Gasteiger partial charge < -0.3 is 15.5 Å². The Hall–Kier alpha value is -0.610. The number of carbonyl (C=O) groups is 1. The minimum Gasteiger partial charge on any atom is -0.356 e. The number of fused-ring (bicyclic) bond motifs is 2. The Labute approximate surface area is 148 Å². The van der Waals surface area contributed by atoms with Crippen LogP contribution in [0, 0.1) is 17.8 Å². The molecule has 0 spiro atoms. The summed E-state index contributed by atoms with van der Waals surface area (Å²) in [5.41, 5.74) is 0. The fraction of sp³-hybridized carbons (Fsp3) is 0.950. The van der Waals surface area contributed by atoms with Crippen LogP contribution in [0.2, 0.25) is 0 Å². The number of piperidine rings is 2. The zero-order valence-electron chi connectivity index (χ0n) is 15.7. The second-order valence-electron chi connectivity index (χ2n) is 8.95. The summed E-state index contributed by atoms with van der Waals surface area (Å²) in [5.74, 6) is 2.39. The van der Waals surface area contributed by atoms with E-state index >= 15 is 0 Å². The quantitative estimate of drug-likeness (QED) is 0.752. The monoisotopic (exact) mass is 335 g/mol. The van der Waals surface area contributed by atoms with Gasteiger partial charge in [-0.1, -0.05) is 13.8 Å². The molecule has 3 heterocycles. The van der Waals surface area contributed by atoms with Crippen LogP contribution in [-0.2, 0) is 4.79 Å². The van der Waals surface area contributed by atoms with Gasteiger partial charge in [-0.15, -0.1) is 0 Å². The number of rotatable bonds is 7. The fourth-order valence-corrected chi connectivity index (χ4v) is 4.79. The molecule has 3 aliphatic rings. The summed E-state index contributed by atoms with van der Waals surface area (Å²) in [6.07, 6.45) is 9.60. The minimum absolute atomic E-state index is 0.295. The maximum Gasteiger partial charge on any atom is 0.220 e. The lowest BCUT2D eigenvalue weighted by Gasteiger charge is -2.32. The highest BCUT2D eigenvalue weighted by Crippen LogP contribution is 2.32. The van der Waals surface area contributed by atoms with Crippen LogP contribution in [0.15, 0.2) is 0 Å². The summed E-state index contributed by atoms with van der Waals surface area (Å²) in [6.45, 7) is 9.17. The van der Waals surface area contributed by atoms with Crippen LogP contribution in [0.1, 0.15) is 65.2 Å². The van der Waals surface area contributed by atoms with Gasteiger partial charge in [0.15, 0.2) is 0 Å². The first kappa shape index (κ1) is 18.2. The minimum atomic E-state index is 0.295. The molecule has 4 heteroatoms. The first-order valence-corrected chi connectivity index (χ1v) is 10.3. The molecule has 0 aliphatic carbocycles. The molecule has 0 radical (unpaired) electrons. The zero-order valence-corrected chi connectivity index (χ0v) is 15.7. The average molecular weight is 336 g/mol. The normalized spacial score (nSPS) is 31.5. The first-order valence-electron chi connectivity index (χ1n) is 10.3. The molecule has 3 saturated heterocycles. The summed E-state index contributed by atoms with van der Waals surface area (Å²) in [6, 6.07) is 1.38. The van der Waals surface area contributed by atoms with Crippen LogP contribution in [-0.4, -0.2) is 49.1 Å². The Balaban J connectivity index is 1.28. The highest BCUT2D eigenvalue weighted by molar-refractivity contribution is 5.76. The molecular weight excluding hydrogens is 298 g/mol. The number of hydrogen-bond donors (Lipinski definition) is 2. The molecule has 2 N–H and O–H groups in total. The Kier molecular flexibility index (Phi) is 6.56. The van der Waals surface area contributed by atoms with Crippen molar-refractivity contribution in [2.24, 2.45) is 17.8 Å². The van der Waals surface area contributed by atoms with Crippen LogP contribution in [0.5, 0.6) is 0 Å². The van der Waals surface area contributed by atoms with Gasteiger partial charge in [-0.25, -0.2) is 0 Å². The van der Waals surface area contributed by atoms with E-state index < -0.39 is 0 Å². The van der Waals surface area contributed by atoms with Gasteiger partial charge in [0, 0.05) is 25.0 Å². The number of nitrogens with zero attached hydrogens (tertiary/aromatic N) is 1. The number of hydrogen-bond acceptors (Lipinski definition) is 3. The number of nitrogens with one attached hydrogen (secondary N) is 2. The molecule has 1 amide bonds. The first-order chi connectivity index (χ1) is 11.6. The molecule has 3 aliphatic heterocycles. The maximum absolute atomic E-state index is 12.3. The van der Waals surface area contributed by atoms with E-state index in [0.717, 1.165) is 18.9 Å². The summed E-state index contributed by atoms with van der Waals surface area (Å²) in [7, 11) is 0. The van der Waals surface area contributed by atoms with Crippen molar-refractivity contribution in [2.45, 2.75) is 77.3 Å². The molecule has 4 nitrogen and oxygen atoms in total.